The van der Waals surface area contributed by atoms with E-state index in [4.69, 9.17) is 0 Å². The molecule has 0 saturated carbocycles. The van der Waals surface area contributed by atoms with Crippen molar-refractivity contribution < 1.29 is 0 Å². The average molecular weight is 1460 g/mol. The van der Waals surface area contributed by atoms with Gasteiger partial charge in [-0.25, -0.2) is 0 Å². The molecule has 20 aromatic rings. The van der Waals surface area contributed by atoms with Gasteiger partial charge in [0.15, 0.2) is 0 Å². The number of hydrogen-bond donors (Lipinski definition) is 0. The van der Waals surface area contributed by atoms with Crippen molar-refractivity contribution in [2.45, 2.75) is 38.5 Å². The first kappa shape index (κ1) is 67.8. The maximum atomic E-state index is 2.43. The normalized spacial score (nSPS) is 12.9. The van der Waals surface area contributed by atoms with Gasteiger partial charge in [0, 0.05) is 79.1 Å². The number of rotatable bonds is 12. The summed E-state index contributed by atoms with van der Waals surface area (Å²) in [6.45, 7) is 9.44. The summed E-state index contributed by atoms with van der Waals surface area (Å²) in [7, 11) is 0. The second-order valence-corrected chi connectivity index (χ2v) is 31.5. The monoisotopic (exact) mass is 1460 g/mol. The van der Waals surface area contributed by atoms with Gasteiger partial charge in [-0.1, -0.05) is 295 Å². The molecule has 22 rings (SSSR count). The first-order chi connectivity index (χ1) is 56.1. The van der Waals surface area contributed by atoms with Crippen LogP contribution in [0.25, 0.3) is 108 Å². The summed E-state index contributed by atoms with van der Waals surface area (Å²) in [5, 5.41) is 20.1. The topological polar surface area (TPSA) is 13.0 Å². The predicted octanol–water partition coefficient (Wildman–Crippen LogP) is 31.1. The van der Waals surface area contributed by atoms with E-state index >= 15 is 0 Å². The van der Waals surface area contributed by atoms with Gasteiger partial charge in [-0.15, -0.1) is 0 Å². The maximum Gasteiger partial charge on any atom is 0.0468 e. The molecule has 0 spiro atoms. The van der Waals surface area contributed by atoms with Crippen LogP contribution < -0.4 is 19.6 Å². The molecule has 4 nitrogen and oxygen atoms in total. The highest BCUT2D eigenvalue weighted by molar-refractivity contribution is 6.33. The fourth-order valence-electron chi connectivity index (χ4n) is 19.0. The minimum atomic E-state index is -0.0990. The minimum absolute atomic E-state index is 0.0942. The summed E-state index contributed by atoms with van der Waals surface area (Å²) in [4.78, 5) is 9.52. The Morgan fingerprint density at radius 1 is 0.149 bits per heavy atom. The molecular weight excluding hydrogens is 1380 g/mol. The van der Waals surface area contributed by atoms with Gasteiger partial charge in [-0.2, -0.15) is 0 Å². The first-order valence-electron chi connectivity index (χ1n) is 39.7. The Morgan fingerprint density at radius 3 is 0.719 bits per heavy atom. The number of hydrogen-bond acceptors (Lipinski definition) is 4. The second kappa shape index (κ2) is 27.3. The van der Waals surface area contributed by atoms with Crippen LogP contribution in [0.2, 0.25) is 0 Å². The molecular formula is C110H80N4. The second-order valence-electron chi connectivity index (χ2n) is 31.5. The zero-order chi connectivity index (χ0) is 76.2. The third-order valence-electron chi connectivity index (χ3n) is 24.3. The van der Waals surface area contributed by atoms with Crippen molar-refractivity contribution in [2.24, 2.45) is 0 Å². The van der Waals surface area contributed by atoms with Crippen molar-refractivity contribution in [2.75, 3.05) is 19.6 Å². The van der Waals surface area contributed by atoms with Crippen molar-refractivity contribution >= 4 is 154 Å². The SMILES string of the molecule is CC1(C)c2ccccc2-c2ccc(N(c3ccccc3)c3ccc4c(ccc5c6ccc(N(c7ccccc7)c7ccc8c(c7)C(C)(C)c7ccccc7-8)cc6c6ccccc6c45)c3)cc21.c1ccc(N(c2ccccc2)c2ccc3c(ccc4c5ccc(N(c6ccccc6)c6ccccc6)cc5c5ccccc5c34)c2)cc1. The highest BCUT2D eigenvalue weighted by atomic mass is 15.2. The van der Waals surface area contributed by atoms with Crippen LogP contribution in [-0.2, 0) is 10.8 Å². The fraction of sp³-hybridized carbons (Fsp3) is 0.0545. The van der Waals surface area contributed by atoms with Gasteiger partial charge in [0.05, 0.1) is 0 Å². The standard InChI is InChI=1S/C64H48N2.C46H32N2/c1-63(2)58-25-15-13-22-51(58)53-35-30-46(39-60(53)63)65(42-17-7-5-8-18-42)44-28-33-48-41(37-44)27-32-56-50-34-29-45(38-57(50)49-21-11-12-24-55(49)62(48)56)66(43-19-9-6-10-20-43)47-31-36-54-52-23-14-16-26-59(52)64(3,4)61(54)40-47;1-5-15-34(16-6-1)47(35-17-7-2-8-18-35)38-26-29-40-33(31-38)25-28-44-42-30-27-39(32-45(42)41-23-13-14-24-43(41)46(40)44)48(36-19-9-3-10-20-36)37-21-11-4-12-22-37/h5-40H,1-4H3;1-32H. The van der Waals surface area contributed by atoms with Gasteiger partial charge >= 0.3 is 0 Å². The molecule has 0 heterocycles. The van der Waals surface area contributed by atoms with Crippen molar-refractivity contribution in [3.05, 3.63) is 435 Å². The number of anilines is 12. The van der Waals surface area contributed by atoms with Crippen LogP contribution in [0.15, 0.2) is 413 Å². The van der Waals surface area contributed by atoms with E-state index in [1.54, 1.807) is 0 Å². The van der Waals surface area contributed by atoms with Crippen molar-refractivity contribution in [3.63, 3.8) is 0 Å². The molecule has 540 valence electrons. The molecule has 4 heteroatoms. The van der Waals surface area contributed by atoms with E-state index in [-0.39, 0.29) is 10.8 Å². The van der Waals surface area contributed by atoms with Crippen LogP contribution in [-0.4, -0.2) is 0 Å². The van der Waals surface area contributed by atoms with Crippen LogP contribution in [0.5, 0.6) is 0 Å². The third kappa shape index (κ3) is 11.2. The Morgan fingerprint density at radius 2 is 0.377 bits per heavy atom. The molecule has 0 unspecified atom stereocenters. The molecule has 114 heavy (non-hydrogen) atoms. The van der Waals surface area contributed by atoms with Gasteiger partial charge < -0.3 is 19.6 Å². The molecule has 0 N–H and O–H groups in total. The number of para-hydroxylation sites is 6. The van der Waals surface area contributed by atoms with Crippen LogP contribution in [0.4, 0.5) is 68.2 Å². The van der Waals surface area contributed by atoms with E-state index < -0.39 is 0 Å². The van der Waals surface area contributed by atoms with E-state index in [9.17, 15) is 0 Å². The van der Waals surface area contributed by atoms with E-state index in [1.165, 1.54) is 131 Å². The Hall–Kier alpha value is -14.3. The van der Waals surface area contributed by atoms with Gasteiger partial charge in [0.1, 0.15) is 0 Å². The molecule has 20 aromatic carbocycles. The molecule has 0 radical (unpaired) electrons. The van der Waals surface area contributed by atoms with E-state index in [0.29, 0.717) is 0 Å². The highest BCUT2D eigenvalue weighted by Crippen LogP contribution is 2.54. The maximum absolute atomic E-state index is 2.43. The summed E-state index contributed by atoms with van der Waals surface area (Å²) >= 11 is 0. The lowest BCUT2D eigenvalue weighted by Crippen LogP contribution is -2.16. The van der Waals surface area contributed by atoms with E-state index in [0.717, 1.165) is 68.2 Å². The fourth-order valence-corrected chi connectivity index (χ4v) is 19.0. The van der Waals surface area contributed by atoms with Crippen LogP contribution in [0.1, 0.15) is 49.9 Å². The van der Waals surface area contributed by atoms with Crippen LogP contribution >= 0.6 is 0 Å². The lowest BCUT2D eigenvalue weighted by Gasteiger charge is -2.29. The Balaban J connectivity index is 0.000000151. The molecule has 0 bridgehead atoms. The van der Waals surface area contributed by atoms with Crippen molar-refractivity contribution in [3.8, 4) is 22.3 Å². The van der Waals surface area contributed by atoms with E-state index in [1.807, 2.05) is 0 Å². The highest BCUT2D eigenvalue weighted by Gasteiger charge is 2.38. The molecule has 0 atom stereocenters. The molecule has 0 fully saturated rings. The molecule has 0 amide bonds. The lowest BCUT2D eigenvalue weighted by atomic mass is 9.82. The molecule has 0 saturated heterocycles. The lowest BCUT2D eigenvalue weighted by molar-refractivity contribution is 0.660. The van der Waals surface area contributed by atoms with Gasteiger partial charge in [0.2, 0.25) is 0 Å². The van der Waals surface area contributed by atoms with Gasteiger partial charge in [0.25, 0.3) is 0 Å². The Kier molecular flexibility index (Phi) is 16.2. The first-order valence-corrected chi connectivity index (χ1v) is 39.7. The summed E-state index contributed by atoms with van der Waals surface area (Å²) in [5.74, 6) is 0. The zero-order valence-corrected chi connectivity index (χ0v) is 64.0. The summed E-state index contributed by atoms with van der Waals surface area (Å²) in [6.07, 6.45) is 0. The molecule has 0 aromatic heterocycles. The van der Waals surface area contributed by atoms with Crippen molar-refractivity contribution in [1.82, 2.24) is 0 Å². The van der Waals surface area contributed by atoms with Gasteiger partial charge in [-0.05, 0) is 276 Å². The smallest absolute Gasteiger partial charge is 0.0468 e. The largest absolute Gasteiger partial charge is 0.310 e. The summed E-state index contributed by atoms with van der Waals surface area (Å²) in [6, 6.07) is 151. The van der Waals surface area contributed by atoms with Crippen LogP contribution in [0, 0.1) is 0 Å². The molecule has 2 aliphatic carbocycles. The number of benzene rings is 20. The Bertz CT molecular complexity index is 7030. The van der Waals surface area contributed by atoms with E-state index in [2.05, 4.69) is 460 Å². The number of nitrogens with zero attached hydrogens (tertiary/aromatic N) is 4. The Labute approximate surface area is 665 Å². The average Bonchev–Trinajstić information content (AvgIpc) is 1.04. The van der Waals surface area contributed by atoms with Gasteiger partial charge in [-0.3, -0.25) is 0 Å². The summed E-state index contributed by atoms with van der Waals surface area (Å²) in [5.41, 5.74) is 24.3. The number of fused-ring (bicyclic) bond motifs is 22. The predicted molar refractivity (Wildman–Crippen MR) is 487 cm³/mol. The van der Waals surface area contributed by atoms with Crippen LogP contribution in [0.3, 0.4) is 0 Å². The minimum Gasteiger partial charge on any atom is -0.310 e. The quantitative estimate of drug-likeness (QED) is 0.113. The third-order valence-corrected chi connectivity index (χ3v) is 24.3. The zero-order valence-electron chi connectivity index (χ0n) is 64.0. The summed E-state index contributed by atoms with van der Waals surface area (Å²) < 4.78 is 0. The van der Waals surface area contributed by atoms with Crippen molar-refractivity contribution in [1.29, 1.82) is 0 Å². The molecule has 0 aliphatic heterocycles. The molecule has 2 aliphatic rings.